The Morgan fingerprint density at radius 1 is 1.43 bits per heavy atom. The summed E-state index contributed by atoms with van der Waals surface area (Å²) in [4.78, 5) is 0. The molecule has 1 N–H and O–H groups in total. The molecule has 0 aromatic carbocycles. The lowest BCUT2D eigenvalue weighted by molar-refractivity contribution is 0.397. The van der Waals surface area contributed by atoms with Crippen LogP contribution in [0.4, 0.5) is 0 Å². The number of hydrogen-bond acceptors (Lipinski definition) is 2. The average molecular weight is 217 g/mol. The molecule has 3 heteroatoms. The summed E-state index contributed by atoms with van der Waals surface area (Å²) in [5.74, 6) is 0. The second-order valence-corrected chi connectivity index (χ2v) is 6.33. The predicted octanol–water partition coefficient (Wildman–Crippen LogP) is 2.06. The zero-order chi connectivity index (χ0) is 10.6. The molecular formula is C11H23NOS. The number of rotatable bonds is 4. The van der Waals surface area contributed by atoms with Gasteiger partial charge in [-0.15, -0.1) is 0 Å². The SMILES string of the molecule is CCC(C)S(=O)C1CCCCC1NC. The Balaban J connectivity index is 2.58. The minimum Gasteiger partial charge on any atom is -0.316 e. The zero-order valence-corrected chi connectivity index (χ0v) is 10.4. The molecule has 0 amide bonds. The predicted molar refractivity (Wildman–Crippen MR) is 63.0 cm³/mol. The van der Waals surface area contributed by atoms with Crippen molar-refractivity contribution in [1.82, 2.24) is 5.32 Å². The third kappa shape index (κ3) is 2.80. The van der Waals surface area contributed by atoms with E-state index >= 15 is 0 Å². The molecule has 4 atom stereocenters. The molecule has 84 valence electrons. The maximum absolute atomic E-state index is 12.2. The highest BCUT2D eigenvalue weighted by Gasteiger charge is 2.30. The van der Waals surface area contributed by atoms with Gasteiger partial charge in [0.1, 0.15) is 0 Å². The van der Waals surface area contributed by atoms with Crippen LogP contribution < -0.4 is 5.32 Å². The van der Waals surface area contributed by atoms with E-state index in [2.05, 4.69) is 19.2 Å². The second kappa shape index (κ2) is 5.86. The van der Waals surface area contributed by atoms with Gasteiger partial charge >= 0.3 is 0 Å². The normalized spacial score (nSPS) is 32.5. The van der Waals surface area contributed by atoms with Gasteiger partial charge in [-0.1, -0.05) is 26.7 Å². The van der Waals surface area contributed by atoms with Gasteiger partial charge in [-0.25, -0.2) is 0 Å². The first kappa shape index (κ1) is 12.2. The lowest BCUT2D eigenvalue weighted by Gasteiger charge is -2.32. The second-order valence-electron chi connectivity index (χ2n) is 4.27. The van der Waals surface area contributed by atoms with Gasteiger partial charge in [0.2, 0.25) is 0 Å². The summed E-state index contributed by atoms with van der Waals surface area (Å²) in [5.41, 5.74) is 0. The van der Waals surface area contributed by atoms with E-state index in [9.17, 15) is 4.21 Å². The summed E-state index contributed by atoms with van der Waals surface area (Å²) >= 11 is 0. The molecule has 1 aliphatic rings. The summed E-state index contributed by atoms with van der Waals surface area (Å²) in [6.07, 6.45) is 5.91. The molecule has 1 saturated carbocycles. The van der Waals surface area contributed by atoms with Gasteiger partial charge < -0.3 is 5.32 Å². The summed E-state index contributed by atoms with van der Waals surface area (Å²) in [6, 6.07) is 0.485. The fourth-order valence-corrected chi connectivity index (χ4v) is 4.09. The molecular weight excluding hydrogens is 194 g/mol. The minimum absolute atomic E-state index is 0.356. The molecule has 0 aromatic heterocycles. The topological polar surface area (TPSA) is 29.1 Å². The average Bonchev–Trinajstić information content (AvgIpc) is 2.26. The van der Waals surface area contributed by atoms with Crippen molar-refractivity contribution in [3.63, 3.8) is 0 Å². The highest BCUT2D eigenvalue weighted by atomic mass is 32.2. The van der Waals surface area contributed by atoms with Crippen LogP contribution in [0.25, 0.3) is 0 Å². The first-order valence-corrected chi connectivity index (χ1v) is 7.05. The largest absolute Gasteiger partial charge is 0.316 e. The van der Waals surface area contributed by atoms with E-state index in [-0.39, 0.29) is 0 Å². The molecule has 2 nitrogen and oxygen atoms in total. The van der Waals surface area contributed by atoms with E-state index < -0.39 is 10.8 Å². The minimum atomic E-state index is -0.644. The van der Waals surface area contributed by atoms with Gasteiger partial charge in [0.25, 0.3) is 0 Å². The van der Waals surface area contributed by atoms with Crippen LogP contribution in [0, 0.1) is 0 Å². The van der Waals surface area contributed by atoms with Crippen molar-refractivity contribution in [1.29, 1.82) is 0 Å². The first-order valence-electron chi connectivity index (χ1n) is 5.77. The summed E-state index contributed by atoms with van der Waals surface area (Å²) in [5, 5.41) is 4.07. The van der Waals surface area contributed by atoms with Crippen LogP contribution in [0.2, 0.25) is 0 Å². The molecule has 14 heavy (non-hydrogen) atoms. The Kier molecular flexibility index (Phi) is 5.10. The summed E-state index contributed by atoms with van der Waals surface area (Å²) in [6.45, 7) is 4.23. The maximum Gasteiger partial charge on any atom is 0.0503 e. The Bertz CT molecular complexity index is 196. The van der Waals surface area contributed by atoms with Crippen molar-refractivity contribution in [3.05, 3.63) is 0 Å². The molecule has 0 aromatic rings. The molecule has 1 rings (SSSR count). The van der Waals surface area contributed by atoms with E-state index in [1.54, 1.807) is 0 Å². The molecule has 1 aliphatic carbocycles. The number of nitrogens with one attached hydrogen (secondary N) is 1. The molecule has 0 spiro atoms. The van der Waals surface area contributed by atoms with E-state index in [0.29, 0.717) is 16.5 Å². The Labute approximate surface area is 90.3 Å². The third-order valence-electron chi connectivity index (χ3n) is 3.34. The first-order chi connectivity index (χ1) is 6.70. The van der Waals surface area contributed by atoms with Gasteiger partial charge in [0.05, 0.1) is 5.25 Å². The third-order valence-corrected chi connectivity index (χ3v) is 5.63. The van der Waals surface area contributed by atoms with E-state index in [1.807, 2.05) is 7.05 Å². The van der Waals surface area contributed by atoms with E-state index in [4.69, 9.17) is 0 Å². The summed E-state index contributed by atoms with van der Waals surface area (Å²) < 4.78 is 12.2. The Morgan fingerprint density at radius 3 is 2.64 bits per heavy atom. The molecule has 0 radical (unpaired) electrons. The van der Waals surface area contributed by atoms with Crippen molar-refractivity contribution in [2.45, 2.75) is 62.5 Å². The standard InChI is InChI=1S/C11H23NOS/c1-4-9(2)14(13)11-8-6-5-7-10(11)12-3/h9-12H,4-8H2,1-3H3. The van der Waals surface area contributed by atoms with Gasteiger partial charge in [-0.05, 0) is 26.3 Å². The van der Waals surface area contributed by atoms with Crippen LogP contribution in [-0.4, -0.2) is 27.8 Å². The van der Waals surface area contributed by atoms with E-state index in [0.717, 1.165) is 12.8 Å². The van der Waals surface area contributed by atoms with Crippen LogP contribution in [0.15, 0.2) is 0 Å². The molecule has 0 saturated heterocycles. The smallest absolute Gasteiger partial charge is 0.0503 e. The van der Waals surface area contributed by atoms with Gasteiger partial charge in [-0.3, -0.25) is 4.21 Å². The maximum atomic E-state index is 12.2. The van der Waals surface area contributed by atoms with Crippen molar-refractivity contribution in [2.75, 3.05) is 7.05 Å². The number of hydrogen-bond donors (Lipinski definition) is 1. The quantitative estimate of drug-likeness (QED) is 0.781. The van der Waals surface area contributed by atoms with Crippen LogP contribution in [-0.2, 0) is 10.8 Å². The van der Waals surface area contributed by atoms with Crippen molar-refractivity contribution in [2.24, 2.45) is 0 Å². The van der Waals surface area contributed by atoms with Crippen LogP contribution >= 0.6 is 0 Å². The molecule has 0 bridgehead atoms. The van der Waals surface area contributed by atoms with Gasteiger partial charge in [0, 0.05) is 22.1 Å². The van der Waals surface area contributed by atoms with Crippen LogP contribution in [0.5, 0.6) is 0 Å². The van der Waals surface area contributed by atoms with Gasteiger partial charge in [0.15, 0.2) is 0 Å². The molecule has 0 heterocycles. The van der Waals surface area contributed by atoms with Crippen LogP contribution in [0.1, 0.15) is 46.0 Å². The summed E-state index contributed by atoms with van der Waals surface area (Å²) in [7, 11) is 1.35. The molecule has 1 fully saturated rings. The highest BCUT2D eigenvalue weighted by Crippen LogP contribution is 2.25. The van der Waals surface area contributed by atoms with Crippen LogP contribution in [0.3, 0.4) is 0 Å². The highest BCUT2D eigenvalue weighted by molar-refractivity contribution is 7.86. The Morgan fingerprint density at radius 2 is 2.07 bits per heavy atom. The lowest BCUT2D eigenvalue weighted by atomic mass is 9.95. The fourth-order valence-electron chi connectivity index (χ4n) is 2.17. The Hall–Kier alpha value is 0.110. The lowest BCUT2D eigenvalue weighted by Crippen LogP contribution is -2.44. The fraction of sp³-hybridized carbons (Fsp3) is 1.00. The van der Waals surface area contributed by atoms with E-state index in [1.165, 1.54) is 19.3 Å². The molecule has 0 aliphatic heterocycles. The van der Waals surface area contributed by atoms with Crippen molar-refractivity contribution in [3.8, 4) is 0 Å². The van der Waals surface area contributed by atoms with Crippen molar-refractivity contribution >= 4 is 10.8 Å². The van der Waals surface area contributed by atoms with Crippen molar-refractivity contribution < 1.29 is 4.21 Å². The zero-order valence-electron chi connectivity index (χ0n) is 9.58. The van der Waals surface area contributed by atoms with Gasteiger partial charge in [-0.2, -0.15) is 0 Å². The molecule has 4 unspecified atom stereocenters. The monoisotopic (exact) mass is 217 g/mol.